The fraction of sp³-hybridized carbons (Fsp3) is 0.263. The molecule has 0 bridgehead atoms. The van der Waals surface area contributed by atoms with Crippen LogP contribution in [-0.4, -0.2) is 30.6 Å². The molecule has 0 aliphatic carbocycles. The molecule has 0 aromatic heterocycles. The number of amides is 1. The van der Waals surface area contributed by atoms with Gasteiger partial charge in [-0.15, -0.1) is 0 Å². The van der Waals surface area contributed by atoms with Crippen molar-refractivity contribution in [1.29, 1.82) is 0 Å². The quantitative estimate of drug-likeness (QED) is 0.817. The van der Waals surface area contributed by atoms with Crippen LogP contribution in [0.4, 0.5) is 0 Å². The molecule has 1 aliphatic heterocycles. The van der Waals surface area contributed by atoms with E-state index in [1.54, 1.807) is 0 Å². The van der Waals surface area contributed by atoms with Crippen molar-refractivity contribution in [2.45, 2.75) is 25.0 Å². The summed E-state index contributed by atoms with van der Waals surface area (Å²) in [6.45, 7) is 0.514. The van der Waals surface area contributed by atoms with Crippen LogP contribution in [0.2, 0.25) is 0 Å². The number of nitrogens with one attached hydrogen (secondary N) is 2. The maximum Gasteiger partial charge on any atom is 0.323 e. The highest BCUT2D eigenvalue weighted by Crippen LogP contribution is 2.10. The van der Waals surface area contributed by atoms with Crippen LogP contribution in [0.3, 0.4) is 0 Å². The van der Waals surface area contributed by atoms with E-state index in [9.17, 15) is 9.59 Å². The van der Waals surface area contributed by atoms with E-state index in [1.807, 2.05) is 60.7 Å². The van der Waals surface area contributed by atoms with Gasteiger partial charge in [0.1, 0.15) is 18.7 Å². The van der Waals surface area contributed by atoms with Gasteiger partial charge in [0.25, 0.3) is 0 Å². The average Bonchev–Trinajstić information content (AvgIpc) is 2.63. The SMILES string of the molecule is O=C1OC[C@H](C(=O)NCc2ccccc2)N[C@H]1Cc1ccccc1. The molecule has 0 saturated carbocycles. The van der Waals surface area contributed by atoms with Gasteiger partial charge in [0.05, 0.1) is 0 Å². The Hall–Kier alpha value is -2.66. The third-order valence-electron chi connectivity index (χ3n) is 3.99. The molecule has 0 radical (unpaired) electrons. The van der Waals surface area contributed by atoms with E-state index in [2.05, 4.69) is 10.6 Å². The maximum atomic E-state index is 12.3. The highest BCUT2D eigenvalue weighted by atomic mass is 16.5. The summed E-state index contributed by atoms with van der Waals surface area (Å²) < 4.78 is 5.19. The van der Waals surface area contributed by atoms with Gasteiger partial charge < -0.3 is 10.1 Å². The molecule has 1 saturated heterocycles. The fourth-order valence-corrected chi connectivity index (χ4v) is 2.68. The number of rotatable bonds is 5. The zero-order chi connectivity index (χ0) is 16.8. The lowest BCUT2D eigenvalue weighted by atomic mass is 10.0. The minimum absolute atomic E-state index is 0.0603. The van der Waals surface area contributed by atoms with Gasteiger partial charge in [0.15, 0.2) is 0 Å². The highest BCUT2D eigenvalue weighted by Gasteiger charge is 2.33. The molecule has 2 aromatic carbocycles. The lowest BCUT2D eigenvalue weighted by Crippen LogP contribution is -2.58. The average molecular weight is 324 g/mol. The van der Waals surface area contributed by atoms with Crippen molar-refractivity contribution in [2.24, 2.45) is 0 Å². The predicted molar refractivity (Wildman–Crippen MR) is 90.1 cm³/mol. The van der Waals surface area contributed by atoms with Gasteiger partial charge in [-0.1, -0.05) is 60.7 Å². The number of hydrogen-bond donors (Lipinski definition) is 2. The van der Waals surface area contributed by atoms with Gasteiger partial charge in [-0.05, 0) is 17.5 Å². The van der Waals surface area contributed by atoms with E-state index in [-0.39, 0.29) is 18.5 Å². The van der Waals surface area contributed by atoms with Crippen LogP contribution in [-0.2, 0) is 27.3 Å². The molecule has 5 heteroatoms. The molecule has 0 unspecified atom stereocenters. The molecule has 3 rings (SSSR count). The van der Waals surface area contributed by atoms with Crippen molar-refractivity contribution >= 4 is 11.9 Å². The summed E-state index contributed by atoms with van der Waals surface area (Å²) in [5.74, 6) is -0.477. The van der Waals surface area contributed by atoms with E-state index < -0.39 is 12.1 Å². The van der Waals surface area contributed by atoms with Gasteiger partial charge in [0, 0.05) is 6.54 Å². The van der Waals surface area contributed by atoms with Crippen LogP contribution >= 0.6 is 0 Å². The molecule has 2 atom stereocenters. The first-order valence-electron chi connectivity index (χ1n) is 8.00. The molecular formula is C19H20N2O3. The highest BCUT2D eigenvalue weighted by molar-refractivity contribution is 5.85. The number of morpholine rings is 1. The summed E-state index contributed by atoms with van der Waals surface area (Å²) >= 11 is 0. The Bertz CT molecular complexity index is 688. The second-order valence-electron chi connectivity index (χ2n) is 5.80. The Morgan fingerprint density at radius 2 is 1.67 bits per heavy atom. The maximum absolute atomic E-state index is 12.3. The summed E-state index contributed by atoms with van der Waals surface area (Å²) in [5.41, 5.74) is 2.05. The van der Waals surface area contributed by atoms with Crippen molar-refractivity contribution in [3.63, 3.8) is 0 Å². The molecule has 5 nitrogen and oxygen atoms in total. The van der Waals surface area contributed by atoms with Crippen molar-refractivity contribution in [1.82, 2.24) is 10.6 Å². The third kappa shape index (κ3) is 4.20. The number of benzene rings is 2. The first-order valence-corrected chi connectivity index (χ1v) is 8.00. The Kier molecular flexibility index (Phi) is 5.23. The molecule has 1 aliphatic rings. The smallest absolute Gasteiger partial charge is 0.323 e. The molecular weight excluding hydrogens is 304 g/mol. The number of carbonyl (C=O) groups is 2. The minimum Gasteiger partial charge on any atom is -0.462 e. The zero-order valence-corrected chi connectivity index (χ0v) is 13.3. The second-order valence-corrected chi connectivity index (χ2v) is 5.80. The monoisotopic (exact) mass is 324 g/mol. The summed E-state index contributed by atoms with van der Waals surface area (Å²) in [7, 11) is 0. The van der Waals surface area contributed by atoms with Crippen LogP contribution in [0.1, 0.15) is 11.1 Å². The summed E-state index contributed by atoms with van der Waals surface area (Å²) in [6.07, 6.45) is 0.502. The summed E-state index contributed by atoms with van der Waals surface area (Å²) in [6, 6.07) is 18.3. The fourth-order valence-electron chi connectivity index (χ4n) is 2.68. The Balaban J connectivity index is 1.56. The lowest BCUT2D eigenvalue weighted by molar-refractivity contribution is -0.153. The molecule has 24 heavy (non-hydrogen) atoms. The summed E-state index contributed by atoms with van der Waals surface area (Å²) in [4.78, 5) is 24.2. The molecule has 0 spiro atoms. The number of carbonyl (C=O) groups excluding carboxylic acids is 2. The van der Waals surface area contributed by atoms with Crippen LogP contribution < -0.4 is 10.6 Å². The van der Waals surface area contributed by atoms with Gasteiger partial charge in [-0.25, -0.2) is 0 Å². The summed E-state index contributed by atoms with van der Waals surface area (Å²) in [5, 5.41) is 5.98. The number of esters is 1. The van der Waals surface area contributed by atoms with Crippen LogP contribution in [0.5, 0.6) is 0 Å². The van der Waals surface area contributed by atoms with Gasteiger partial charge in [0.2, 0.25) is 5.91 Å². The molecule has 1 amide bonds. The molecule has 1 heterocycles. The Morgan fingerprint density at radius 1 is 1.04 bits per heavy atom. The molecule has 1 fully saturated rings. The van der Waals surface area contributed by atoms with E-state index in [0.29, 0.717) is 13.0 Å². The van der Waals surface area contributed by atoms with E-state index in [4.69, 9.17) is 4.74 Å². The van der Waals surface area contributed by atoms with Crippen molar-refractivity contribution in [3.05, 3.63) is 71.8 Å². The standard InChI is InChI=1S/C19H20N2O3/c22-18(20-12-15-9-5-2-6-10-15)17-13-24-19(23)16(21-17)11-14-7-3-1-4-8-14/h1-10,16-17,21H,11-13H2,(H,20,22)/t16-,17+/m0/s1. The number of cyclic esters (lactones) is 1. The van der Waals surface area contributed by atoms with Crippen LogP contribution in [0.25, 0.3) is 0 Å². The lowest BCUT2D eigenvalue weighted by Gasteiger charge is -2.29. The molecule has 124 valence electrons. The van der Waals surface area contributed by atoms with E-state index in [1.165, 1.54) is 0 Å². The van der Waals surface area contributed by atoms with Crippen molar-refractivity contribution in [2.75, 3.05) is 6.61 Å². The van der Waals surface area contributed by atoms with Gasteiger partial charge in [-0.3, -0.25) is 14.9 Å². The number of hydrogen-bond acceptors (Lipinski definition) is 4. The van der Waals surface area contributed by atoms with Crippen molar-refractivity contribution in [3.8, 4) is 0 Å². The largest absolute Gasteiger partial charge is 0.462 e. The number of ether oxygens (including phenoxy) is 1. The third-order valence-corrected chi connectivity index (χ3v) is 3.99. The Morgan fingerprint density at radius 3 is 2.33 bits per heavy atom. The topological polar surface area (TPSA) is 67.4 Å². The minimum atomic E-state index is -0.528. The first kappa shape index (κ1) is 16.2. The van der Waals surface area contributed by atoms with Crippen LogP contribution in [0, 0.1) is 0 Å². The molecule has 2 aromatic rings. The van der Waals surface area contributed by atoms with Gasteiger partial charge >= 0.3 is 5.97 Å². The van der Waals surface area contributed by atoms with Crippen molar-refractivity contribution < 1.29 is 14.3 Å². The van der Waals surface area contributed by atoms with Gasteiger partial charge in [-0.2, -0.15) is 0 Å². The van der Waals surface area contributed by atoms with Crippen LogP contribution in [0.15, 0.2) is 60.7 Å². The first-order chi connectivity index (χ1) is 11.7. The zero-order valence-electron chi connectivity index (χ0n) is 13.3. The predicted octanol–water partition coefficient (Wildman–Crippen LogP) is 1.43. The molecule has 2 N–H and O–H groups in total. The van der Waals surface area contributed by atoms with E-state index in [0.717, 1.165) is 11.1 Å². The Labute approximate surface area is 141 Å². The normalized spacial score (nSPS) is 20.2. The van der Waals surface area contributed by atoms with E-state index >= 15 is 0 Å². The second kappa shape index (κ2) is 7.75.